The second-order valence-electron chi connectivity index (χ2n) is 3.22. The fourth-order valence-corrected chi connectivity index (χ4v) is 1.46. The van der Waals surface area contributed by atoms with Gasteiger partial charge in [0.1, 0.15) is 5.75 Å². The fourth-order valence-electron chi connectivity index (χ4n) is 1.18. The molecule has 14 heavy (non-hydrogen) atoms. The van der Waals surface area contributed by atoms with E-state index in [4.69, 9.17) is 16.3 Å². The Bertz CT molecular complexity index is 320. The van der Waals surface area contributed by atoms with Crippen molar-refractivity contribution in [3.8, 4) is 5.75 Å². The highest BCUT2D eigenvalue weighted by atomic mass is 35.5. The zero-order valence-corrected chi connectivity index (χ0v) is 8.74. The second-order valence-corrected chi connectivity index (χ2v) is 3.62. The molecule has 1 aromatic carbocycles. The Morgan fingerprint density at radius 3 is 2.50 bits per heavy atom. The van der Waals surface area contributed by atoms with Crippen LogP contribution in [0.3, 0.4) is 0 Å². The van der Waals surface area contributed by atoms with Crippen LogP contribution in [0.2, 0.25) is 5.02 Å². The summed E-state index contributed by atoms with van der Waals surface area (Å²) in [6.45, 7) is 0.880. The lowest BCUT2D eigenvalue weighted by atomic mass is 10.1. The quantitative estimate of drug-likeness (QED) is 0.757. The van der Waals surface area contributed by atoms with Gasteiger partial charge in [0.25, 0.3) is 0 Å². The molecule has 0 aromatic heterocycles. The Kier molecular flexibility index (Phi) is 3.32. The van der Waals surface area contributed by atoms with Crippen LogP contribution in [0.25, 0.3) is 0 Å². The summed E-state index contributed by atoms with van der Waals surface area (Å²) in [7, 11) is 1.48. The van der Waals surface area contributed by atoms with Gasteiger partial charge in [-0.25, -0.2) is 8.78 Å². The molecule has 0 heterocycles. The molecule has 4 heteroatoms. The van der Waals surface area contributed by atoms with Gasteiger partial charge >= 0.3 is 0 Å². The van der Waals surface area contributed by atoms with E-state index in [1.54, 1.807) is 12.1 Å². The minimum Gasteiger partial charge on any atom is -0.495 e. The number of ether oxygens (including phenoxy) is 1. The largest absolute Gasteiger partial charge is 0.495 e. The van der Waals surface area contributed by atoms with Gasteiger partial charge in [-0.05, 0) is 24.6 Å². The van der Waals surface area contributed by atoms with E-state index in [2.05, 4.69) is 0 Å². The Hall–Kier alpha value is -0.830. The summed E-state index contributed by atoms with van der Waals surface area (Å²) in [6.07, 6.45) is -0.309. The van der Waals surface area contributed by atoms with E-state index < -0.39 is 5.92 Å². The molecule has 0 saturated carbocycles. The van der Waals surface area contributed by atoms with Crippen molar-refractivity contribution in [3.05, 3.63) is 28.8 Å². The molecule has 0 amide bonds. The fraction of sp³-hybridized carbons (Fsp3) is 0.400. The molecule has 78 valence electrons. The molecular weight excluding hydrogens is 210 g/mol. The van der Waals surface area contributed by atoms with Gasteiger partial charge in [0, 0.05) is 6.42 Å². The molecule has 1 aromatic rings. The first kappa shape index (κ1) is 11.2. The number of hydrogen-bond donors (Lipinski definition) is 0. The van der Waals surface area contributed by atoms with Crippen molar-refractivity contribution in [2.24, 2.45) is 0 Å². The molecule has 1 nitrogen and oxygen atoms in total. The molecule has 0 aliphatic heterocycles. The van der Waals surface area contributed by atoms with Crippen LogP contribution >= 0.6 is 11.6 Å². The maximum absolute atomic E-state index is 12.6. The van der Waals surface area contributed by atoms with Crippen LogP contribution in [-0.2, 0) is 6.42 Å². The van der Waals surface area contributed by atoms with E-state index in [1.807, 2.05) is 0 Å². The Balaban J connectivity index is 2.87. The molecule has 0 atom stereocenters. The molecule has 0 spiro atoms. The van der Waals surface area contributed by atoms with Gasteiger partial charge in [0.2, 0.25) is 5.92 Å². The normalized spacial score (nSPS) is 11.5. The van der Waals surface area contributed by atoms with Crippen molar-refractivity contribution in [2.45, 2.75) is 19.3 Å². The number of alkyl halides is 2. The van der Waals surface area contributed by atoms with Crippen molar-refractivity contribution in [1.82, 2.24) is 0 Å². The smallest absolute Gasteiger partial charge is 0.249 e. The first-order valence-corrected chi connectivity index (χ1v) is 4.50. The van der Waals surface area contributed by atoms with Gasteiger partial charge in [-0.2, -0.15) is 0 Å². The highest BCUT2D eigenvalue weighted by molar-refractivity contribution is 6.32. The first-order valence-electron chi connectivity index (χ1n) is 4.12. The average Bonchev–Trinajstić information content (AvgIpc) is 2.01. The number of benzene rings is 1. The van der Waals surface area contributed by atoms with Gasteiger partial charge in [-0.15, -0.1) is 0 Å². The van der Waals surface area contributed by atoms with E-state index in [-0.39, 0.29) is 6.42 Å². The molecule has 0 fully saturated rings. The van der Waals surface area contributed by atoms with Crippen LogP contribution in [0.1, 0.15) is 12.5 Å². The van der Waals surface area contributed by atoms with Crippen molar-refractivity contribution in [2.75, 3.05) is 7.11 Å². The maximum Gasteiger partial charge on any atom is 0.249 e. The lowest BCUT2D eigenvalue weighted by Crippen LogP contribution is -2.13. The number of methoxy groups -OCH3 is 1. The average molecular weight is 221 g/mol. The molecule has 0 saturated heterocycles. The molecule has 0 N–H and O–H groups in total. The molecule has 0 radical (unpaired) electrons. The van der Waals surface area contributed by atoms with E-state index in [0.717, 1.165) is 6.92 Å². The third-order valence-corrected chi connectivity index (χ3v) is 2.03. The van der Waals surface area contributed by atoms with E-state index in [9.17, 15) is 8.78 Å². The Morgan fingerprint density at radius 1 is 1.43 bits per heavy atom. The Labute approximate surface area is 86.6 Å². The third kappa shape index (κ3) is 3.14. The van der Waals surface area contributed by atoms with Crippen LogP contribution in [-0.4, -0.2) is 13.0 Å². The van der Waals surface area contributed by atoms with Crippen LogP contribution in [0, 0.1) is 0 Å². The lowest BCUT2D eigenvalue weighted by molar-refractivity contribution is 0.0226. The molecule has 0 aliphatic carbocycles. The summed E-state index contributed by atoms with van der Waals surface area (Å²) >= 11 is 5.79. The second kappa shape index (κ2) is 4.13. The standard InChI is InChI=1S/C10H11ClF2O/c1-10(12,13)6-7-3-4-9(14-2)8(11)5-7/h3-5H,6H2,1-2H3. The van der Waals surface area contributed by atoms with E-state index in [0.29, 0.717) is 16.3 Å². The van der Waals surface area contributed by atoms with Crippen LogP contribution < -0.4 is 4.74 Å². The van der Waals surface area contributed by atoms with Crippen molar-refractivity contribution in [1.29, 1.82) is 0 Å². The van der Waals surface area contributed by atoms with Crippen molar-refractivity contribution in [3.63, 3.8) is 0 Å². The summed E-state index contributed by atoms with van der Waals surface area (Å²) in [5.74, 6) is -2.22. The number of rotatable bonds is 3. The lowest BCUT2D eigenvalue weighted by Gasteiger charge is -2.11. The van der Waals surface area contributed by atoms with Crippen LogP contribution in [0.4, 0.5) is 8.78 Å². The van der Waals surface area contributed by atoms with Gasteiger partial charge in [0.15, 0.2) is 0 Å². The summed E-state index contributed by atoms with van der Waals surface area (Å²) in [5, 5.41) is 0.356. The summed E-state index contributed by atoms with van der Waals surface area (Å²) in [5.41, 5.74) is 0.503. The number of hydrogen-bond acceptors (Lipinski definition) is 1. The first-order chi connectivity index (χ1) is 6.42. The highest BCUT2D eigenvalue weighted by Gasteiger charge is 2.21. The molecule has 0 bridgehead atoms. The predicted octanol–water partition coefficient (Wildman–Crippen LogP) is 3.55. The van der Waals surface area contributed by atoms with Crippen molar-refractivity contribution >= 4 is 11.6 Å². The van der Waals surface area contributed by atoms with Gasteiger partial charge in [-0.3, -0.25) is 0 Å². The minimum absolute atomic E-state index is 0.309. The zero-order valence-electron chi connectivity index (χ0n) is 7.98. The van der Waals surface area contributed by atoms with Crippen LogP contribution in [0.5, 0.6) is 5.75 Å². The Morgan fingerprint density at radius 2 is 2.07 bits per heavy atom. The zero-order chi connectivity index (χ0) is 10.8. The predicted molar refractivity (Wildman–Crippen MR) is 52.3 cm³/mol. The number of halogens is 3. The summed E-state index contributed by atoms with van der Waals surface area (Å²) < 4.78 is 30.2. The topological polar surface area (TPSA) is 9.23 Å². The van der Waals surface area contributed by atoms with E-state index >= 15 is 0 Å². The molecule has 0 unspecified atom stereocenters. The SMILES string of the molecule is COc1ccc(CC(C)(F)F)cc1Cl. The summed E-state index contributed by atoms with van der Waals surface area (Å²) in [6, 6.07) is 4.67. The monoisotopic (exact) mass is 220 g/mol. The molecule has 0 aliphatic rings. The van der Waals surface area contributed by atoms with E-state index in [1.165, 1.54) is 13.2 Å². The van der Waals surface area contributed by atoms with Crippen LogP contribution in [0.15, 0.2) is 18.2 Å². The maximum atomic E-state index is 12.6. The molecule has 1 rings (SSSR count). The highest BCUT2D eigenvalue weighted by Crippen LogP contribution is 2.27. The van der Waals surface area contributed by atoms with Gasteiger partial charge in [-0.1, -0.05) is 17.7 Å². The minimum atomic E-state index is -2.71. The molecular formula is C10H11ClF2O. The third-order valence-electron chi connectivity index (χ3n) is 1.73. The summed E-state index contributed by atoms with van der Waals surface area (Å²) in [4.78, 5) is 0. The van der Waals surface area contributed by atoms with Gasteiger partial charge < -0.3 is 4.74 Å². The van der Waals surface area contributed by atoms with Crippen molar-refractivity contribution < 1.29 is 13.5 Å². The van der Waals surface area contributed by atoms with Gasteiger partial charge in [0.05, 0.1) is 12.1 Å².